The van der Waals surface area contributed by atoms with Crippen LogP contribution in [0.2, 0.25) is 0 Å². The molecule has 1 heterocycles. The number of aliphatic hydroxyl groups is 1. The summed E-state index contributed by atoms with van der Waals surface area (Å²) in [6, 6.07) is 6.50. The molecule has 6 nitrogen and oxygen atoms in total. The molecule has 1 atom stereocenters. The largest absolute Gasteiger partial charge is 0.496 e. The highest BCUT2D eigenvalue weighted by Gasteiger charge is 2.19. The second-order valence-electron chi connectivity index (χ2n) is 4.12. The first-order valence-electron chi connectivity index (χ1n) is 6.08. The van der Waals surface area contributed by atoms with Crippen molar-refractivity contribution in [2.75, 3.05) is 26.1 Å². The van der Waals surface area contributed by atoms with E-state index < -0.39 is 12.0 Å². The lowest BCUT2D eigenvalue weighted by molar-refractivity contribution is -0.142. The van der Waals surface area contributed by atoms with Crippen LogP contribution in [0.5, 0.6) is 5.75 Å². The van der Waals surface area contributed by atoms with Gasteiger partial charge < -0.3 is 19.9 Å². The molecule has 106 valence electrons. The molecule has 0 fully saturated rings. The van der Waals surface area contributed by atoms with E-state index in [-0.39, 0.29) is 6.61 Å². The standard InChI is InChI=1S/C14H16N2O4/c1-19-12-5-3-4-10-9(12)6-7-15-13(10)16-11(8-17)14(18)20-2/h3-7,11,17H,8H2,1-2H3,(H,15,16). The van der Waals surface area contributed by atoms with Gasteiger partial charge in [0.05, 0.1) is 20.8 Å². The number of ether oxygens (including phenoxy) is 2. The summed E-state index contributed by atoms with van der Waals surface area (Å²) in [5.74, 6) is 0.659. The van der Waals surface area contributed by atoms with Crippen LogP contribution < -0.4 is 10.1 Å². The average molecular weight is 276 g/mol. The molecule has 2 aromatic rings. The number of anilines is 1. The third-order valence-electron chi connectivity index (χ3n) is 2.97. The lowest BCUT2D eigenvalue weighted by Gasteiger charge is -2.16. The van der Waals surface area contributed by atoms with Gasteiger partial charge in [-0.2, -0.15) is 0 Å². The van der Waals surface area contributed by atoms with E-state index in [0.29, 0.717) is 11.6 Å². The van der Waals surface area contributed by atoms with Gasteiger partial charge in [0.1, 0.15) is 17.6 Å². The maximum absolute atomic E-state index is 11.5. The number of nitrogens with one attached hydrogen (secondary N) is 1. The van der Waals surface area contributed by atoms with Crippen molar-refractivity contribution in [3.05, 3.63) is 30.5 Å². The Labute approximate surface area is 116 Å². The van der Waals surface area contributed by atoms with Crippen LogP contribution in [0, 0.1) is 0 Å². The van der Waals surface area contributed by atoms with Crippen LogP contribution in [0.15, 0.2) is 30.5 Å². The van der Waals surface area contributed by atoms with Gasteiger partial charge in [-0.15, -0.1) is 0 Å². The molecular formula is C14H16N2O4. The van der Waals surface area contributed by atoms with Gasteiger partial charge in [0.15, 0.2) is 0 Å². The molecule has 0 aliphatic carbocycles. The van der Waals surface area contributed by atoms with Crippen molar-refractivity contribution < 1.29 is 19.4 Å². The molecule has 0 radical (unpaired) electrons. The summed E-state index contributed by atoms with van der Waals surface area (Å²) in [5, 5.41) is 13.8. The Morgan fingerprint density at radius 2 is 2.15 bits per heavy atom. The topological polar surface area (TPSA) is 80.7 Å². The smallest absolute Gasteiger partial charge is 0.330 e. The van der Waals surface area contributed by atoms with Gasteiger partial charge in [-0.3, -0.25) is 0 Å². The van der Waals surface area contributed by atoms with Crippen LogP contribution in [-0.4, -0.2) is 42.9 Å². The number of hydrogen-bond donors (Lipinski definition) is 2. The summed E-state index contributed by atoms with van der Waals surface area (Å²) in [6.45, 7) is -0.380. The summed E-state index contributed by atoms with van der Waals surface area (Å²) in [7, 11) is 2.86. The van der Waals surface area contributed by atoms with Crippen LogP contribution >= 0.6 is 0 Å². The number of esters is 1. The van der Waals surface area contributed by atoms with Gasteiger partial charge in [0.25, 0.3) is 0 Å². The molecule has 0 saturated carbocycles. The maximum Gasteiger partial charge on any atom is 0.330 e. The summed E-state index contributed by atoms with van der Waals surface area (Å²) in [4.78, 5) is 15.7. The highest BCUT2D eigenvalue weighted by molar-refractivity contribution is 5.96. The van der Waals surface area contributed by atoms with Gasteiger partial charge in [-0.25, -0.2) is 9.78 Å². The zero-order valence-corrected chi connectivity index (χ0v) is 11.3. The molecule has 0 saturated heterocycles. The number of fused-ring (bicyclic) bond motifs is 1. The van der Waals surface area contributed by atoms with E-state index in [4.69, 9.17) is 4.74 Å². The predicted octanol–water partition coefficient (Wildman–Crippen LogP) is 1.19. The molecule has 0 amide bonds. The highest BCUT2D eigenvalue weighted by Crippen LogP contribution is 2.29. The molecule has 1 aromatic carbocycles. The third kappa shape index (κ3) is 2.65. The fourth-order valence-electron chi connectivity index (χ4n) is 1.96. The van der Waals surface area contributed by atoms with Crippen molar-refractivity contribution >= 4 is 22.6 Å². The zero-order valence-electron chi connectivity index (χ0n) is 11.3. The summed E-state index contributed by atoms with van der Waals surface area (Å²) in [6.07, 6.45) is 1.61. The van der Waals surface area contributed by atoms with E-state index in [9.17, 15) is 9.90 Å². The van der Waals surface area contributed by atoms with Crippen LogP contribution in [0.1, 0.15) is 0 Å². The van der Waals surface area contributed by atoms with E-state index in [1.54, 1.807) is 13.3 Å². The van der Waals surface area contributed by atoms with Gasteiger partial charge >= 0.3 is 5.97 Å². The second kappa shape index (κ2) is 6.21. The quantitative estimate of drug-likeness (QED) is 0.798. The number of benzene rings is 1. The van der Waals surface area contributed by atoms with Gasteiger partial charge in [-0.05, 0) is 12.1 Å². The zero-order chi connectivity index (χ0) is 14.5. The number of hydrogen-bond acceptors (Lipinski definition) is 6. The minimum Gasteiger partial charge on any atom is -0.496 e. The Morgan fingerprint density at radius 3 is 2.80 bits per heavy atom. The molecule has 0 aliphatic rings. The number of pyridine rings is 1. The maximum atomic E-state index is 11.5. The highest BCUT2D eigenvalue weighted by atomic mass is 16.5. The molecule has 20 heavy (non-hydrogen) atoms. The monoisotopic (exact) mass is 276 g/mol. The van der Waals surface area contributed by atoms with Crippen molar-refractivity contribution in [1.29, 1.82) is 0 Å². The van der Waals surface area contributed by atoms with Gasteiger partial charge in [0.2, 0.25) is 0 Å². The average Bonchev–Trinajstić information content (AvgIpc) is 2.51. The van der Waals surface area contributed by atoms with E-state index in [1.807, 2.05) is 24.3 Å². The van der Waals surface area contributed by atoms with Gasteiger partial charge in [0, 0.05) is 17.0 Å². The van der Waals surface area contributed by atoms with Crippen LogP contribution in [-0.2, 0) is 9.53 Å². The Balaban J connectivity index is 2.42. The molecule has 6 heteroatoms. The number of carbonyl (C=O) groups excluding carboxylic acids is 1. The summed E-state index contributed by atoms with van der Waals surface area (Å²) < 4.78 is 9.90. The van der Waals surface area contributed by atoms with Crippen molar-refractivity contribution in [2.24, 2.45) is 0 Å². The Morgan fingerprint density at radius 1 is 1.35 bits per heavy atom. The van der Waals surface area contributed by atoms with Gasteiger partial charge in [-0.1, -0.05) is 12.1 Å². The minimum absolute atomic E-state index is 0.380. The van der Waals surface area contributed by atoms with E-state index >= 15 is 0 Å². The van der Waals surface area contributed by atoms with Crippen molar-refractivity contribution in [1.82, 2.24) is 4.98 Å². The molecule has 1 aromatic heterocycles. The first-order valence-corrected chi connectivity index (χ1v) is 6.08. The number of rotatable bonds is 5. The number of methoxy groups -OCH3 is 2. The molecule has 2 N–H and O–H groups in total. The van der Waals surface area contributed by atoms with Crippen molar-refractivity contribution in [3.8, 4) is 5.75 Å². The molecule has 1 unspecified atom stereocenters. The van der Waals surface area contributed by atoms with Crippen LogP contribution in [0.25, 0.3) is 10.8 Å². The number of aromatic nitrogens is 1. The normalized spacial score (nSPS) is 11.9. The Bertz CT molecular complexity index is 615. The van der Waals surface area contributed by atoms with E-state index in [2.05, 4.69) is 15.0 Å². The summed E-state index contributed by atoms with van der Waals surface area (Å²) in [5.41, 5.74) is 0. The predicted molar refractivity (Wildman–Crippen MR) is 74.8 cm³/mol. The fraction of sp³-hybridized carbons (Fsp3) is 0.286. The van der Waals surface area contributed by atoms with Crippen LogP contribution in [0.3, 0.4) is 0 Å². The number of carbonyl (C=O) groups is 1. The number of nitrogens with zero attached hydrogens (tertiary/aromatic N) is 1. The van der Waals surface area contributed by atoms with Crippen molar-refractivity contribution in [2.45, 2.75) is 6.04 Å². The van der Waals surface area contributed by atoms with Crippen LogP contribution in [0.4, 0.5) is 5.82 Å². The lowest BCUT2D eigenvalue weighted by atomic mass is 10.1. The molecule has 0 spiro atoms. The first-order chi connectivity index (χ1) is 9.71. The first kappa shape index (κ1) is 14.1. The number of aliphatic hydroxyl groups excluding tert-OH is 1. The van der Waals surface area contributed by atoms with E-state index in [0.717, 1.165) is 10.8 Å². The Hall–Kier alpha value is -2.34. The molecule has 0 aliphatic heterocycles. The second-order valence-corrected chi connectivity index (χ2v) is 4.12. The van der Waals surface area contributed by atoms with E-state index in [1.165, 1.54) is 7.11 Å². The minimum atomic E-state index is -0.857. The Kier molecular flexibility index (Phi) is 4.37. The molecule has 2 rings (SSSR count). The summed E-state index contributed by atoms with van der Waals surface area (Å²) >= 11 is 0. The SMILES string of the molecule is COC(=O)C(CO)Nc1nccc2c(OC)cccc12. The fourth-order valence-corrected chi connectivity index (χ4v) is 1.96. The third-order valence-corrected chi connectivity index (χ3v) is 2.97. The molecular weight excluding hydrogens is 260 g/mol. The van der Waals surface area contributed by atoms with Crippen molar-refractivity contribution in [3.63, 3.8) is 0 Å². The lowest BCUT2D eigenvalue weighted by Crippen LogP contribution is -2.34. The molecule has 0 bridgehead atoms.